The molecule has 34 heavy (non-hydrogen) atoms. The van der Waals surface area contributed by atoms with E-state index in [0.29, 0.717) is 12.1 Å². The molecule has 4 unspecified atom stereocenters. The van der Waals surface area contributed by atoms with E-state index >= 15 is 0 Å². The summed E-state index contributed by atoms with van der Waals surface area (Å²) in [6, 6.07) is -4.32. The van der Waals surface area contributed by atoms with Gasteiger partial charge >= 0.3 is 11.9 Å². The van der Waals surface area contributed by atoms with Crippen LogP contribution in [0.5, 0.6) is 0 Å². The van der Waals surface area contributed by atoms with Crippen LogP contribution in [0.3, 0.4) is 0 Å². The second-order valence-electron chi connectivity index (χ2n) is 8.63. The van der Waals surface area contributed by atoms with E-state index in [0.717, 1.165) is 4.90 Å². The van der Waals surface area contributed by atoms with Crippen LogP contribution in [0, 0.1) is 5.92 Å². The smallest absolute Gasteiger partial charge is 0.326 e. The Morgan fingerprint density at radius 2 is 1.85 bits per heavy atom. The zero-order valence-electron chi connectivity index (χ0n) is 19.2. The third-order valence-electron chi connectivity index (χ3n) is 5.72. The van der Waals surface area contributed by atoms with E-state index in [1.54, 1.807) is 13.8 Å². The van der Waals surface area contributed by atoms with Gasteiger partial charge < -0.3 is 36.5 Å². The van der Waals surface area contributed by atoms with Gasteiger partial charge in [0.15, 0.2) is 0 Å². The van der Waals surface area contributed by atoms with Crippen LogP contribution in [0.2, 0.25) is 0 Å². The third kappa shape index (κ3) is 7.27. The zero-order valence-corrected chi connectivity index (χ0v) is 19.2. The molecule has 1 aromatic rings. The van der Waals surface area contributed by atoms with E-state index in [-0.39, 0.29) is 31.7 Å². The molecule has 1 aromatic heterocycles. The quantitative estimate of drug-likeness (QED) is 0.213. The van der Waals surface area contributed by atoms with Crippen LogP contribution < -0.4 is 16.4 Å². The summed E-state index contributed by atoms with van der Waals surface area (Å²) in [5, 5.41) is 23.6. The second-order valence-corrected chi connectivity index (χ2v) is 8.63. The monoisotopic (exact) mass is 480 g/mol. The number of aromatic amines is 1. The SMILES string of the molecule is CC(C)C(N)C(=O)NC(Cc1cnc[nH]1)C(=O)NC(CCC(=O)O)C(=O)N1CCCC1C(=O)O. The number of hydrogen-bond acceptors (Lipinski definition) is 7. The second kappa shape index (κ2) is 12.1. The summed E-state index contributed by atoms with van der Waals surface area (Å²) >= 11 is 0. The Balaban J connectivity index is 2.22. The molecule has 0 bridgehead atoms. The standard InChI is InChI=1S/C21H32N6O7/c1-11(2)17(22)19(31)26-14(8-12-9-23-10-24-12)18(30)25-13(5-6-16(28)29)20(32)27-7-3-4-15(27)21(33)34/h9-11,13-15,17H,3-8,22H2,1-2H3,(H,23,24)(H,25,30)(H,26,31)(H,28,29)(H,33,34). The fourth-order valence-corrected chi connectivity index (χ4v) is 3.68. The van der Waals surface area contributed by atoms with E-state index in [4.69, 9.17) is 10.8 Å². The number of aromatic nitrogens is 2. The van der Waals surface area contributed by atoms with Crippen molar-refractivity contribution in [2.75, 3.05) is 6.54 Å². The number of rotatable bonds is 12. The number of carbonyl (C=O) groups is 5. The molecule has 0 aromatic carbocycles. The van der Waals surface area contributed by atoms with Crippen LogP contribution in [0.4, 0.5) is 0 Å². The largest absolute Gasteiger partial charge is 0.481 e. The van der Waals surface area contributed by atoms with Crippen LogP contribution in [0.1, 0.15) is 45.2 Å². The summed E-state index contributed by atoms with van der Waals surface area (Å²) in [7, 11) is 0. The lowest BCUT2D eigenvalue weighted by atomic mass is 10.0. The van der Waals surface area contributed by atoms with E-state index < -0.39 is 60.2 Å². The van der Waals surface area contributed by atoms with Crippen LogP contribution in [0.15, 0.2) is 12.5 Å². The third-order valence-corrected chi connectivity index (χ3v) is 5.72. The van der Waals surface area contributed by atoms with E-state index in [1.807, 2.05) is 0 Å². The number of nitrogens with zero attached hydrogens (tertiary/aromatic N) is 2. The molecule has 2 rings (SSSR count). The minimum Gasteiger partial charge on any atom is -0.481 e. The van der Waals surface area contributed by atoms with Crippen molar-refractivity contribution in [1.29, 1.82) is 0 Å². The lowest BCUT2D eigenvalue weighted by Crippen LogP contribution is -2.58. The average molecular weight is 481 g/mol. The molecule has 3 amide bonds. The summed E-state index contributed by atoms with van der Waals surface area (Å²) < 4.78 is 0. The van der Waals surface area contributed by atoms with Crippen LogP contribution in [-0.4, -0.2) is 85.5 Å². The van der Waals surface area contributed by atoms with Crippen molar-refractivity contribution >= 4 is 29.7 Å². The van der Waals surface area contributed by atoms with Crippen LogP contribution in [0.25, 0.3) is 0 Å². The Morgan fingerprint density at radius 3 is 2.41 bits per heavy atom. The lowest BCUT2D eigenvalue weighted by Gasteiger charge is -2.29. The van der Waals surface area contributed by atoms with Gasteiger partial charge in [-0.05, 0) is 25.2 Å². The Hall–Kier alpha value is -3.48. The van der Waals surface area contributed by atoms with Gasteiger partial charge in [-0.2, -0.15) is 0 Å². The van der Waals surface area contributed by atoms with Crippen molar-refractivity contribution in [3.8, 4) is 0 Å². The Labute approximate surface area is 196 Å². The minimum absolute atomic E-state index is 0.0176. The molecule has 13 heteroatoms. The molecule has 0 spiro atoms. The van der Waals surface area contributed by atoms with E-state index in [9.17, 15) is 29.1 Å². The van der Waals surface area contributed by atoms with Gasteiger partial charge in [-0.25, -0.2) is 9.78 Å². The normalized spacial score (nSPS) is 18.2. The first-order chi connectivity index (χ1) is 16.0. The molecule has 13 nitrogen and oxygen atoms in total. The number of H-pyrrole nitrogens is 1. The van der Waals surface area contributed by atoms with Crippen molar-refractivity contribution in [3.63, 3.8) is 0 Å². The number of carboxylic acid groups (broad SMARTS) is 2. The van der Waals surface area contributed by atoms with Crippen molar-refractivity contribution in [1.82, 2.24) is 25.5 Å². The molecule has 0 radical (unpaired) electrons. The number of likely N-dealkylation sites (tertiary alicyclic amines) is 1. The lowest BCUT2D eigenvalue weighted by molar-refractivity contribution is -0.150. The van der Waals surface area contributed by atoms with Gasteiger partial charge in [-0.1, -0.05) is 13.8 Å². The molecular formula is C21H32N6O7. The van der Waals surface area contributed by atoms with Crippen LogP contribution >= 0.6 is 0 Å². The minimum atomic E-state index is -1.27. The van der Waals surface area contributed by atoms with Gasteiger partial charge in [0.1, 0.15) is 18.1 Å². The highest BCUT2D eigenvalue weighted by Crippen LogP contribution is 2.20. The molecule has 0 aliphatic carbocycles. The van der Waals surface area contributed by atoms with Crippen molar-refractivity contribution in [2.45, 2.75) is 70.1 Å². The molecule has 7 N–H and O–H groups in total. The fourth-order valence-electron chi connectivity index (χ4n) is 3.68. The Morgan fingerprint density at radius 1 is 1.18 bits per heavy atom. The maximum absolute atomic E-state index is 13.2. The summed E-state index contributed by atoms with van der Waals surface area (Å²) in [4.78, 5) is 69.3. The molecular weight excluding hydrogens is 448 g/mol. The highest BCUT2D eigenvalue weighted by molar-refractivity contribution is 5.94. The fraction of sp³-hybridized carbons (Fsp3) is 0.619. The number of aliphatic carboxylic acids is 2. The maximum atomic E-state index is 13.2. The molecule has 0 saturated carbocycles. The predicted molar refractivity (Wildman–Crippen MR) is 118 cm³/mol. The van der Waals surface area contributed by atoms with Gasteiger partial charge in [0, 0.05) is 31.3 Å². The number of carboxylic acids is 2. The first kappa shape index (κ1) is 26.8. The summed E-state index contributed by atoms with van der Waals surface area (Å²) in [6.45, 7) is 3.69. The number of carbonyl (C=O) groups excluding carboxylic acids is 3. The summed E-state index contributed by atoms with van der Waals surface area (Å²) in [5.41, 5.74) is 6.43. The van der Waals surface area contributed by atoms with Crippen molar-refractivity contribution < 1.29 is 34.2 Å². The molecule has 2 heterocycles. The Bertz CT molecular complexity index is 888. The first-order valence-electron chi connectivity index (χ1n) is 11.1. The highest BCUT2D eigenvalue weighted by atomic mass is 16.4. The average Bonchev–Trinajstić information content (AvgIpc) is 3.46. The zero-order chi connectivity index (χ0) is 25.4. The van der Waals surface area contributed by atoms with Gasteiger partial charge in [0.25, 0.3) is 0 Å². The van der Waals surface area contributed by atoms with Crippen molar-refractivity contribution in [2.24, 2.45) is 11.7 Å². The predicted octanol–water partition coefficient (Wildman–Crippen LogP) is -1.15. The molecule has 188 valence electrons. The van der Waals surface area contributed by atoms with Crippen molar-refractivity contribution in [3.05, 3.63) is 18.2 Å². The number of amides is 3. The molecule has 1 aliphatic heterocycles. The summed E-state index contributed by atoms with van der Waals surface area (Å²) in [5.74, 6) is -4.49. The number of nitrogens with two attached hydrogens (primary N) is 1. The van der Waals surface area contributed by atoms with Gasteiger partial charge in [0.05, 0.1) is 12.4 Å². The number of hydrogen-bond donors (Lipinski definition) is 6. The van der Waals surface area contributed by atoms with E-state index in [1.165, 1.54) is 12.5 Å². The van der Waals surface area contributed by atoms with Gasteiger partial charge in [-0.3, -0.25) is 19.2 Å². The van der Waals surface area contributed by atoms with Crippen LogP contribution in [-0.2, 0) is 30.4 Å². The first-order valence-corrected chi connectivity index (χ1v) is 11.1. The molecule has 1 saturated heterocycles. The van der Waals surface area contributed by atoms with E-state index in [2.05, 4.69) is 20.6 Å². The topological polar surface area (TPSA) is 208 Å². The highest BCUT2D eigenvalue weighted by Gasteiger charge is 2.38. The summed E-state index contributed by atoms with van der Waals surface area (Å²) in [6.07, 6.45) is 3.00. The molecule has 1 fully saturated rings. The number of nitrogens with one attached hydrogen (secondary N) is 3. The molecule has 1 aliphatic rings. The molecule has 4 atom stereocenters. The van der Waals surface area contributed by atoms with Gasteiger partial charge in [-0.15, -0.1) is 0 Å². The van der Waals surface area contributed by atoms with Gasteiger partial charge in [0.2, 0.25) is 17.7 Å². The number of imidazole rings is 1. The maximum Gasteiger partial charge on any atom is 0.326 e. The Kier molecular flexibility index (Phi) is 9.54.